The molecule has 1 atom stereocenters. The molecule has 20 heavy (non-hydrogen) atoms. The fraction of sp³-hybridized carbons (Fsp3) is 0.941. The summed E-state index contributed by atoms with van der Waals surface area (Å²) >= 11 is 0. The first-order chi connectivity index (χ1) is 9.61. The lowest BCUT2D eigenvalue weighted by Gasteiger charge is -2.59. The normalized spacial score (nSPS) is 39.8. The second-order valence-electron chi connectivity index (χ2n) is 7.51. The minimum Gasteiger partial charge on any atom is -0.466 e. The largest absolute Gasteiger partial charge is 0.466 e. The molecule has 4 saturated carbocycles. The molecule has 114 valence electrons. The highest BCUT2D eigenvalue weighted by Crippen LogP contribution is 2.61. The number of ether oxygens (including phenoxy) is 1. The van der Waals surface area contributed by atoms with Crippen LogP contribution in [-0.4, -0.2) is 25.2 Å². The lowest BCUT2D eigenvalue weighted by atomic mass is 9.48. The van der Waals surface area contributed by atoms with Crippen molar-refractivity contribution in [2.45, 2.75) is 64.8 Å². The van der Waals surface area contributed by atoms with Crippen LogP contribution in [0.15, 0.2) is 0 Å². The van der Waals surface area contributed by atoms with Gasteiger partial charge in [-0.05, 0) is 75.5 Å². The number of carbonyl (C=O) groups excluding carboxylic acids is 1. The van der Waals surface area contributed by atoms with E-state index in [1.165, 1.54) is 38.5 Å². The van der Waals surface area contributed by atoms with Crippen molar-refractivity contribution in [1.29, 1.82) is 0 Å². The van der Waals surface area contributed by atoms with Crippen LogP contribution in [0.3, 0.4) is 0 Å². The van der Waals surface area contributed by atoms with Gasteiger partial charge in [-0.2, -0.15) is 0 Å². The molecule has 4 rings (SSSR count). The summed E-state index contributed by atoms with van der Waals surface area (Å²) in [4.78, 5) is 11.4. The highest BCUT2D eigenvalue weighted by Gasteiger charge is 2.52. The average Bonchev–Trinajstić information content (AvgIpc) is 2.37. The zero-order valence-corrected chi connectivity index (χ0v) is 13.0. The van der Waals surface area contributed by atoms with Crippen LogP contribution in [0.1, 0.15) is 58.8 Å². The van der Waals surface area contributed by atoms with E-state index in [1.807, 2.05) is 6.92 Å². The molecule has 0 aromatic carbocycles. The van der Waals surface area contributed by atoms with Gasteiger partial charge in [0.1, 0.15) is 0 Å². The fourth-order valence-corrected chi connectivity index (χ4v) is 5.55. The lowest BCUT2D eigenvalue weighted by Crippen LogP contribution is -2.55. The number of rotatable bonds is 6. The van der Waals surface area contributed by atoms with Crippen LogP contribution >= 0.6 is 0 Å². The van der Waals surface area contributed by atoms with E-state index in [9.17, 15) is 4.79 Å². The van der Waals surface area contributed by atoms with Gasteiger partial charge in [0.05, 0.1) is 13.0 Å². The van der Waals surface area contributed by atoms with Gasteiger partial charge in [0.25, 0.3) is 0 Å². The maximum atomic E-state index is 11.4. The topological polar surface area (TPSA) is 38.3 Å². The summed E-state index contributed by atoms with van der Waals surface area (Å²) < 4.78 is 4.99. The third kappa shape index (κ3) is 2.74. The van der Waals surface area contributed by atoms with E-state index >= 15 is 0 Å². The van der Waals surface area contributed by atoms with Crippen LogP contribution in [0.4, 0.5) is 0 Å². The first kappa shape index (κ1) is 14.4. The molecule has 4 aliphatic carbocycles. The van der Waals surface area contributed by atoms with Crippen molar-refractivity contribution in [2.24, 2.45) is 23.2 Å². The Morgan fingerprint density at radius 2 is 1.75 bits per heavy atom. The van der Waals surface area contributed by atoms with Gasteiger partial charge in [-0.1, -0.05) is 0 Å². The molecule has 0 aliphatic heterocycles. The van der Waals surface area contributed by atoms with Crippen LogP contribution in [0.25, 0.3) is 0 Å². The molecule has 3 heteroatoms. The van der Waals surface area contributed by atoms with E-state index in [1.54, 1.807) is 0 Å². The fourth-order valence-electron chi connectivity index (χ4n) is 5.55. The first-order valence-electron chi connectivity index (χ1n) is 8.50. The van der Waals surface area contributed by atoms with Crippen molar-refractivity contribution in [2.75, 3.05) is 13.2 Å². The van der Waals surface area contributed by atoms with Crippen molar-refractivity contribution < 1.29 is 9.53 Å². The smallest absolute Gasteiger partial charge is 0.307 e. The summed E-state index contributed by atoms with van der Waals surface area (Å²) in [6.45, 7) is 5.47. The number of esters is 1. The maximum Gasteiger partial charge on any atom is 0.307 e. The predicted octanol–water partition coefficient (Wildman–Crippen LogP) is 3.13. The summed E-state index contributed by atoms with van der Waals surface area (Å²) in [5.74, 6) is 2.92. The van der Waals surface area contributed by atoms with E-state index < -0.39 is 0 Å². The van der Waals surface area contributed by atoms with Crippen LogP contribution in [0.5, 0.6) is 0 Å². The summed E-state index contributed by atoms with van der Waals surface area (Å²) in [5, 5.41) is 3.63. The SMILES string of the molecule is CCOC(=O)CCNC(C)C12CC3CC(CC(C3)C1)C2. The molecule has 4 aliphatic rings. The van der Waals surface area contributed by atoms with Crippen molar-refractivity contribution in [3.05, 3.63) is 0 Å². The third-order valence-corrected chi connectivity index (χ3v) is 6.09. The van der Waals surface area contributed by atoms with Crippen LogP contribution in [-0.2, 0) is 9.53 Å². The molecule has 1 unspecified atom stereocenters. The Bertz CT molecular complexity index is 331. The van der Waals surface area contributed by atoms with Gasteiger partial charge in [0, 0.05) is 12.6 Å². The Labute approximate surface area is 122 Å². The minimum atomic E-state index is -0.0716. The molecule has 4 bridgehead atoms. The maximum absolute atomic E-state index is 11.4. The Morgan fingerprint density at radius 3 is 2.25 bits per heavy atom. The molecule has 0 spiro atoms. The summed E-state index contributed by atoms with van der Waals surface area (Å²) in [5.41, 5.74) is 0.531. The summed E-state index contributed by atoms with van der Waals surface area (Å²) in [6, 6.07) is 0.547. The van der Waals surface area contributed by atoms with Crippen molar-refractivity contribution in [1.82, 2.24) is 5.32 Å². The van der Waals surface area contributed by atoms with Gasteiger partial charge >= 0.3 is 5.97 Å². The van der Waals surface area contributed by atoms with Gasteiger partial charge in [-0.25, -0.2) is 0 Å². The molecule has 1 N–H and O–H groups in total. The standard InChI is InChI=1S/C17H29NO2/c1-3-20-16(19)4-5-18-12(2)17-9-13-6-14(10-17)8-15(7-13)11-17/h12-15,18H,3-11H2,1-2H3. The first-order valence-corrected chi connectivity index (χ1v) is 8.50. The van der Waals surface area contributed by atoms with Gasteiger partial charge < -0.3 is 10.1 Å². The van der Waals surface area contributed by atoms with E-state index in [0.717, 1.165) is 24.3 Å². The Balaban J connectivity index is 1.52. The van der Waals surface area contributed by atoms with Gasteiger partial charge in [-0.15, -0.1) is 0 Å². The van der Waals surface area contributed by atoms with E-state index in [0.29, 0.717) is 24.5 Å². The predicted molar refractivity (Wildman–Crippen MR) is 79.3 cm³/mol. The van der Waals surface area contributed by atoms with Gasteiger partial charge in [-0.3, -0.25) is 4.79 Å². The van der Waals surface area contributed by atoms with Crippen molar-refractivity contribution >= 4 is 5.97 Å². The molecule has 0 radical (unpaired) electrons. The highest BCUT2D eigenvalue weighted by atomic mass is 16.5. The molecular formula is C17H29NO2. The number of carbonyl (C=O) groups is 1. The Morgan fingerprint density at radius 1 is 1.20 bits per heavy atom. The Kier molecular flexibility index (Phi) is 4.07. The lowest BCUT2D eigenvalue weighted by molar-refractivity contribution is -0.143. The minimum absolute atomic E-state index is 0.0716. The zero-order chi connectivity index (χ0) is 14.2. The highest BCUT2D eigenvalue weighted by molar-refractivity contribution is 5.69. The molecular weight excluding hydrogens is 250 g/mol. The summed E-state index contributed by atoms with van der Waals surface area (Å²) in [6.07, 6.45) is 9.26. The second kappa shape index (κ2) is 5.67. The van der Waals surface area contributed by atoms with E-state index in [2.05, 4.69) is 12.2 Å². The quantitative estimate of drug-likeness (QED) is 0.759. The molecule has 0 saturated heterocycles. The van der Waals surface area contributed by atoms with Gasteiger partial charge in [0.2, 0.25) is 0 Å². The van der Waals surface area contributed by atoms with Gasteiger partial charge in [0.15, 0.2) is 0 Å². The Hall–Kier alpha value is -0.570. The average molecular weight is 279 g/mol. The summed E-state index contributed by atoms with van der Waals surface area (Å²) in [7, 11) is 0. The van der Waals surface area contributed by atoms with Crippen LogP contribution < -0.4 is 5.32 Å². The molecule has 0 aromatic heterocycles. The number of hydrogen-bond donors (Lipinski definition) is 1. The molecule has 0 amide bonds. The molecule has 0 heterocycles. The van der Waals surface area contributed by atoms with Crippen molar-refractivity contribution in [3.8, 4) is 0 Å². The van der Waals surface area contributed by atoms with E-state index in [-0.39, 0.29) is 5.97 Å². The van der Waals surface area contributed by atoms with Crippen LogP contribution in [0, 0.1) is 23.2 Å². The van der Waals surface area contributed by atoms with Crippen LogP contribution in [0.2, 0.25) is 0 Å². The zero-order valence-electron chi connectivity index (χ0n) is 13.0. The third-order valence-electron chi connectivity index (χ3n) is 6.09. The molecule has 3 nitrogen and oxygen atoms in total. The number of hydrogen-bond acceptors (Lipinski definition) is 3. The monoisotopic (exact) mass is 279 g/mol. The molecule has 4 fully saturated rings. The van der Waals surface area contributed by atoms with Crippen molar-refractivity contribution in [3.63, 3.8) is 0 Å². The molecule has 0 aromatic rings. The second-order valence-corrected chi connectivity index (χ2v) is 7.51. The van der Waals surface area contributed by atoms with E-state index in [4.69, 9.17) is 4.74 Å². The number of nitrogens with one attached hydrogen (secondary N) is 1.